The van der Waals surface area contributed by atoms with E-state index < -0.39 is 10.0 Å². The number of aromatic nitrogens is 2. The quantitative estimate of drug-likeness (QED) is 0.593. The highest BCUT2D eigenvalue weighted by molar-refractivity contribution is 7.89. The summed E-state index contributed by atoms with van der Waals surface area (Å²) in [4.78, 5) is 34.0. The second kappa shape index (κ2) is 10.0. The van der Waals surface area contributed by atoms with Gasteiger partial charge in [0.25, 0.3) is 0 Å². The molecule has 2 fully saturated rings. The van der Waals surface area contributed by atoms with Gasteiger partial charge in [-0.1, -0.05) is 0 Å². The van der Waals surface area contributed by atoms with E-state index in [2.05, 4.69) is 4.98 Å². The summed E-state index contributed by atoms with van der Waals surface area (Å²) in [5.41, 5.74) is 1.41. The molecule has 4 rings (SSSR count). The third kappa shape index (κ3) is 4.96. The summed E-state index contributed by atoms with van der Waals surface area (Å²) in [6, 6.07) is 4.91. The number of benzene rings is 1. The van der Waals surface area contributed by atoms with E-state index in [1.54, 1.807) is 18.2 Å². The Balaban J connectivity index is 1.34. The predicted octanol–water partition coefficient (Wildman–Crippen LogP) is 0.854. The lowest BCUT2D eigenvalue weighted by Gasteiger charge is -2.35. The number of aryl methyl sites for hydroxylation is 2. The van der Waals surface area contributed by atoms with Gasteiger partial charge in [-0.05, 0) is 31.0 Å². The van der Waals surface area contributed by atoms with Crippen molar-refractivity contribution >= 4 is 32.9 Å². The molecule has 0 radical (unpaired) electrons. The van der Waals surface area contributed by atoms with Crippen molar-refractivity contribution in [1.29, 1.82) is 0 Å². The average Bonchev–Trinajstić information content (AvgIpc) is 3.17. The van der Waals surface area contributed by atoms with Gasteiger partial charge < -0.3 is 19.1 Å². The summed E-state index contributed by atoms with van der Waals surface area (Å²) in [6.07, 6.45) is 2.17. The van der Waals surface area contributed by atoms with Crippen molar-refractivity contribution in [2.45, 2.75) is 30.6 Å². The van der Waals surface area contributed by atoms with E-state index in [1.807, 2.05) is 21.4 Å². The molecule has 186 valence electrons. The van der Waals surface area contributed by atoms with Crippen LogP contribution >= 0.6 is 0 Å². The van der Waals surface area contributed by atoms with E-state index in [4.69, 9.17) is 4.74 Å². The molecule has 1 aromatic carbocycles. The van der Waals surface area contributed by atoms with E-state index in [-0.39, 0.29) is 22.6 Å². The lowest BCUT2D eigenvalue weighted by atomic mass is 9.94. The van der Waals surface area contributed by atoms with Crippen LogP contribution in [0.1, 0.15) is 25.1 Å². The van der Waals surface area contributed by atoms with Gasteiger partial charge in [-0.25, -0.2) is 17.7 Å². The van der Waals surface area contributed by atoms with E-state index >= 15 is 0 Å². The minimum atomic E-state index is -3.54. The number of rotatable bonds is 6. The summed E-state index contributed by atoms with van der Waals surface area (Å²) in [5.74, 6) is 0.959. The van der Waals surface area contributed by atoms with Crippen LogP contribution < -0.4 is 0 Å². The number of amides is 2. The van der Waals surface area contributed by atoms with Crippen molar-refractivity contribution < 1.29 is 22.7 Å². The van der Waals surface area contributed by atoms with Gasteiger partial charge >= 0.3 is 0 Å². The molecule has 11 heteroatoms. The summed E-state index contributed by atoms with van der Waals surface area (Å²) in [6.45, 7) is 3.68. The molecule has 0 saturated carbocycles. The van der Waals surface area contributed by atoms with Gasteiger partial charge in [0.2, 0.25) is 21.8 Å². The number of piperidine rings is 1. The molecule has 0 N–H and O–H groups in total. The Bertz CT molecular complexity index is 1160. The number of nitrogens with zero attached hydrogens (tertiary/aromatic N) is 5. The zero-order valence-corrected chi connectivity index (χ0v) is 20.9. The number of morpholine rings is 1. The van der Waals surface area contributed by atoms with Gasteiger partial charge in [0.1, 0.15) is 5.82 Å². The van der Waals surface area contributed by atoms with Gasteiger partial charge in [0.15, 0.2) is 0 Å². The number of ether oxygens (including phenoxy) is 1. The van der Waals surface area contributed by atoms with Crippen LogP contribution in [0.15, 0.2) is 23.1 Å². The Morgan fingerprint density at radius 2 is 1.76 bits per heavy atom. The first kappa shape index (κ1) is 24.6. The summed E-state index contributed by atoms with van der Waals surface area (Å²) >= 11 is 0. The fourth-order valence-corrected chi connectivity index (χ4v) is 5.54. The summed E-state index contributed by atoms with van der Waals surface area (Å²) in [7, 11) is 1.33. The highest BCUT2D eigenvalue weighted by Crippen LogP contribution is 2.23. The molecular formula is C23H33N5O5S. The predicted molar refractivity (Wildman–Crippen MR) is 127 cm³/mol. The Morgan fingerprint density at radius 3 is 2.41 bits per heavy atom. The lowest BCUT2D eigenvalue weighted by molar-refractivity contribution is -0.143. The molecule has 1 aromatic heterocycles. The van der Waals surface area contributed by atoms with Crippen LogP contribution in [0, 0.1) is 5.92 Å². The molecule has 2 aliphatic rings. The van der Waals surface area contributed by atoms with Gasteiger partial charge in [0, 0.05) is 66.1 Å². The van der Waals surface area contributed by atoms with Crippen LogP contribution in [0.25, 0.3) is 11.0 Å². The molecule has 0 aliphatic carbocycles. The molecule has 0 spiro atoms. The number of likely N-dealkylation sites (tertiary alicyclic amines) is 1. The highest BCUT2D eigenvalue weighted by Gasteiger charge is 2.31. The molecule has 2 amide bonds. The normalized spacial score (nSPS) is 18.1. The molecule has 2 aliphatic heterocycles. The largest absolute Gasteiger partial charge is 0.378 e. The molecule has 0 bridgehead atoms. The van der Waals surface area contributed by atoms with Crippen molar-refractivity contribution in [3.05, 3.63) is 24.0 Å². The van der Waals surface area contributed by atoms with E-state index in [1.165, 1.54) is 18.4 Å². The number of imidazole rings is 1. The van der Waals surface area contributed by atoms with Crippen LogP contribution in [0.4, 0.5) is 0 Å². The van der Waals surface area contributed by atoms with E-state index in [0.717, 1.165) is 11.3 Å². The Hall–Kier alpha value is -2.50. The Kier molecular flexibility index (Phi) is 7.25. The molecule has 3 heterocycles. The molecule has 2 aromatic rings. The van der Waals surface area contributed by atoms with Crippen molar-refractivity contribution in [3.63, 3.8) is 0 Å². The SMILES string of the molecule is CN(C)S(=O)(=O)c1ccc2c(c1)nc(CCC(=O)N1CCC(C(=O)N3CCOCC3)CC1)n2C. The summed E-state index contributed by atoms with van der Waals surface area (Å²) in [5, 5.41) is 0. The van der Waals surface area contributed by atoms with Gasteiger partial charge in [-0.2, -0.15) is 0 Å². The van der Waals surface area contributed by atoms with Crippen molar-refractivity contribution in [1.82, 2.24) is 23.7 Å². The van der Waals surface area contributed by atoms with Crippen LogP contribution in [0.3, 0.4) is 0 Å². The fourth-order valence-electron chi connectivity index (χ4n) is 4.62. The molecule has 10 nitrogen and oxygen atoms in total. The second-order valence-electron chi connectivity index (χ2n) is 9.12. The third-order valence-corrected chi connectivity index (χ3v) is 8.62. The lowest BCUT2D eigenvalue weighted by Crippen LogP contribution is -2.47. The Morgan fingerprint density at radius 1 is 1.09 bits per heavy atom. The maximum Gasteiger partial charge on any atom is 0.242 e. The first-order chi connectivity index (χ1) is 16.2. The van der Waals surface area contributed by atoms with E-state index in [9.17, 15) is 18.0 Å². The fraction of sp³-hybridized carbons (Fsp3) is 0.609. The smallest absolute Gasteiger partial charge is 0.242 e. The molecule has 2 saturated heterocycles. The minimum Gasteiger partial charge on any atom is -0.378 e. The third-order valence-electron chi connectivity index (χ3n) is 6.81. The average molecular weight is 492 g/mol. The van der Waals surface area contributed by atoms with Crippen molar-refractivity contribution in [2.75, 3.05) is 53.5 Å². The number of carbonyl (C=O) groups excluding carboxylic acids is 2. The highest BCUT2D eigenvalue weighted by atomic mass is 32.2. The maximum absolute atomic E-state index is 12.8. The van der Waals surface area contributed by atoms with E-state index in [0.29, 0.717) is 70.6 Å². The number of hydrogen-bond donors (Lipinski definition) is 0. The standard InChI is InChI=1S/C23H33N5O5S/c1-25(2)34(31,32)18-4-5-20-19(16-18)24-21(26(20)3)6-7-22(29)27-10-8-17(9-11-27)23(30)28-12-14-33-15-13-28/h4-5,16-17H,6-15H2,1-3H3. The van der Waals surface area contributed by atoms with Crippen LogP contribution in [0.2, 0.25) is 0 Å². The van der Waals surface area contributed by atoms with Gasteiger partial charge in [-0.3, -0.25) is 9.59 Å². The number of fused-ring (bicyclic) bond motifs is 1. The monoisotopic (exact) mass is 491 g/mol. The van der Waals surface area contributed by atoms with Crippen molar-refractivity contribution in [2.24, 2.45) is 13.0 Å². The number of hydrogen-bond acceptors (Lipinski definition) is 6. The zero-order valence-electron chi connectivity index (χ0n) is 20.1. The molecule has 0 atom stereocenters. The summed E-state index contributed by atoms with van der Waals surface area (Å²) < 4.78 is 33.3. The minimum absolute atomic E-state index is 0.0189. The Labute approximate surface area is 200 Å². The second-order valence-corrected chi connectivity index (χ2v) is 11.3. The molecule has 34 heavy (non-hydrogen) atoms. The van der Waals surface area contributed by atoms with Crippen LogP contribution in [-0.4, -0.2) is 97.4 Å². The van der Waals surface area contributed by atoms with Crippen LogP contribution in [-0.2, 0) is 37.8 Å². The van der Waals surface area contributed by atoms with Gasteiger partial charge in [0.05, 0.1) is 29.1 Å². The number of sulfonamides is 1. The first-order valence-electron chi connectivity index (χ1n) is 11.7. The molecule has 0 unspecified atom stereocenters. The molecular weight excluding hydrogens is 458 g/mol. The zero-order chi connectivity index (χ0) is 24.5. The topological polar surface area (TPSA) is 105 Å². The number of carbonyl (C=O) groups is 2. The van der Waals surface area contributed by atoms with Crippen molar-refractivity contribution in [3.8, 4) is 0 Å². The van der Waals surface area contributed by atoms with Crippen LogP contribution in [0.5, 0.6) is 0 Å². The van der Waals surface area contributed by atoms with Gasteiger partial charge in [-0.15, -0.1) is 0 Å². The maximum atomic E-state index is 12.8. The first-order valence-corrected chi connectivity index (χ1v) is 13.1.